The SMILES string of the molecule is CC(C)(C)[Si](C)(C)N1C(=O)[C@@H](CC#CCCOC2CCCCO2)[C@@H]1CC#C[Si](C)(C)C. The molecule has 0 bridgehead atoms. The Labute approximate surface area is 192 Å². The lowest BCUT2D eigenvalue weighted by Crippen LogP contribution is -2.72. The predicted molar refractivity (Wildman–Crippen MR) is 134 cm³/mol. The lowest BCUT2D eigenvalue weighted by molar-refractivity contribution is -0.161. The third kappa shape index (κ3) is 7.22. The average molecular weight is 462 g/mol. The maximum atomic E-state index is 13.2. The average Bonchev–Trinajstić information content (AvgIpc) is 2.65. The van der Waals surface area contributed by atoms with E-state index in [2.05, 4.69) is 81.4 Å². The zero-order chi connectivity index (χ0) is 23.3. The zero-order valence-corrected chi connectivity index (χ0v) is 23.1. The van der Waals surface area contributed by atoms with Crippen LogP contribution in [0.25, 0.3) is 0 Å². The molecule has 174 valence electrons. The number of nitrogens with zero attached hydrogens (tertiary/aromatic N) is 1. The van der Waals surface area contributed by atoms with E-state index in [0.29, 0.717) is 19.4 Å². The highest BCUT2D eigenvalue weighted by Crippen LogP contribution is 2.46. The number of β-lactam (4-membered cyclic amide) rings is 1. The van der Waals surface area contributed by atoms with Crippen LogP contribution >= 0.6 is 0 Å². The van der Waals surface area contributed by atoms with E-state index in [4.69, 9.17) is 9.47 Å². The zero-order valence-electron chi connectivity index (χ0n) is 21.1. The van der Waals surface area contributed by atoms with Crippen molar-refractivity contribution in [1.29, 1.82) is 0 Å². The topological polar surface area (TPSA) is 38.8 Å². The van der Waals surface area contributed by atoms with E-state index < -0.39 is 16.3 Å². The Morgan fingerprint density at radius 1 is 1.06 bits per heavy atom. The summed E-state index contributed by atoms with van der Waals surface area (Å²) in [5, 5.41) is 0.127. The second-order valence-electron chi connectivity index (χ2n) is 11.4. The molecule has 0 aromatic carbocycles. The van der Waals surface area contributed by atoms with E-state index in [-0.39, 0.29) is 29.2 Å². The number of ether oxygens (including phenoxy) is 2. The van der Waals surface area contributed by atoms with Crippen molar-refractivity contribution in [2.75, 3.05) is 13.2 Å². The van der Waals surface area contributed by atoms with Gasteiger partial charge >= 0.3 is 0 Å². The van der Waals surface area contributed by atoms with Gasteiger partial charge in [0.15, 0.2) is 14.5 Å². The van der Waals surface area contributed by atoms with Crippen LogP contribution in [0.3, 0.4) is 0 Å². The summed E-state index contributed by atoms with van der Waals surface area (Å²) >= 11 is 0. The van der Waals surface area contributed by atoms with Crippen molar-refractivity contribution in [1.82, 2.24) is 4.57 Å². The van der Waals surface area contributed by atoms with E-state index in [9.17, 15) is 4.79 Å². The summed E-state index contributed by atoms with van der Waals surface area (Å²) < 4.78 is 13.6. The van der Waals surface area contributed by atoms with E-state index in [0.717, 1.165) is 25.9 Å². The van der Waals surface area contributed by atoms with E-state index in [1.54, 1.807) is 0 Å². The van der Waals surface area contributed by atoms with Gasteiger partial charge in [-0.25, -0.2) is 0 Å². The second kappa shape index (κ2) is 10.7. The Morgan fingerprint density at radius 2 is 1.77 bits per heavy atom. The molecule has 0 aliphatic carbocycles. The van der Waals surface area contributed by atoms with Crippen molar-refractivity contribution in [2.24, 2.45) is 5.92 Å². The monoisotopic (exact) mass is 461 g/mol. The highest BCUT2D eigenvalue weighted by atomic mass is 28.3. The van der Waals surface area contributed by atoms with Crippen LogP contribution in [0.4, 0.5) is 0 Å². The summed E-state index contributed by atoms with van der Waals surface area (Å²) in [5.41, 5.74) is 3.48. The quantitative estimate of drug-likeness (QED) is 0.229. The minimum absolute atomic E-state index is 0.0137. The maximum absolute atomic E-state index is 13.2. The van der Waals surface area contributed by atoms with Crippen LogP contribution in [-0.2, 0) is 14.3 Å². The molecule has 2 fully saturated rings. The first-order valence-electron chi connectivity index (χ1n) is 11.9. The third-order valence-electron chi connectivity index (χ3n) is 6.68. The molecule has 0 radical (unpaired) electrons. The van der Waals surface area contributed by atoms with E-state index >= 15 is 0 Å². The number of amides is 1. The van der Waals surface area contributed by atoms with Gasteiger partial charge in [-0.05, 0) is 24.3 Å². The number of hydrogen-bond acceptors (Lipinski definition) is 3. The van der Waals surface area contributed by atoms with Crippen LogP contribution in [0, 0.1) is 29.2 Å². The first-order chi connectivity index (χ1) is 14.3. The molecule has 0 saturated carbocycles. The van der Waals surface area contributed by atoms with Gasteiger partial charge in [0.1, 0.15) is 8.07 Å². The van der Waals surface area contributed by atoms with E-state index in [1.807, 2.05) is 0 Å². The van der Waals surface area contributed by atoms with Crippen LogP contribution in [0.5, 0.6) is 0 Å². The molecule has 2 saturated heterocycles. The molecule has 1 amide bonds. The molecular weight excluding hydrogens is 418 g/mol. The molecule has 0 spiro atoms. The van der Waals surface area contributed by atoms with Gasteiger partial charge < -0.3 is 14.0 Å². The Kier molecular flexibility index (Phi) is 9.05. The predicted octanol–water partition coefficient (Wildman–Crippen LogP) is 5.42. The first kappa shape index (κ1) is 26.2. The molecule has 0 N–H and O–H groups in total. The summed E-state index contributed by atoms with van der Waals surface area (Å²) in [7, 11) is -3.34. The number of hydrogen-bond donors (Lipinski definition) is 0. The highest BCUT2D eigenvalue weighted by Gasteiger charge is 2.56. The van der Waals surface area contributed by atoms with Crippen LogP contribution in [-0.4, -0.2) is 52.3 Å². The van der Waals surface area contributed by atoms with Gasteiger partial charge in [-0.1, -0.05) is 53.5 Å². The molecule has 2 heterocycles. The first-order valence-corrected chi connectivity index (χ1v) is 18.3. The summed E-state index contributed by atoms with van der Waals surface area (Å²) in [6, 6.07) is 0.207. The van der Waals surface area contributed by atoms with Gasteiger partial charge in [-0.3, -0.25) is 4.79 Å². The largest absolute Gasteiger partial charge is 0.364 e. The fourth-order valence-corrected chi connectivity index (χ4v) is 7.06. The van der Waals surface area contributed by atoms with Crippen LogP contribution in [0.2, 0.25) is 37.8 Å². The van der Waals surface area contributed by atoms with Gasteiger partial charge in [0.2, 0.25) is 5.91 Å². The van der Waals surface area contributed by atoms with Crippen LogP contribution in [0.1, 0.15) is 59.3 Å². The molecule has 3 atom stereocenters. The lowest BCUT2D eigenvalue weighted by Gasteiger charge is -2.58. The third-order valence-corrected chi connectivity index (χ3v) is 13.0. The molecular formula is C25H43NO3Si2. The van der Waals surface area contributed by atoms with Crippen LogP contribution in [0.15, 0.2) is 0 Å². The minimum Gasteiger partial charge on any atom is -0.364 e. The van der Waals surface area contributed by atoms with Gasteiger partial charge in [-0.15, -0.1) is 23.3 Å². The number of rotatable bonds is 6. The fraction of sp³-hybridized carbons (Fsp3) is 0.800. The highest BCUT2D eigenvalue weighted by molar-refractivity contribution is 6.83. The van der Waals surface area contributed by atoms with Crippen molar-refractivity contribution >= 4 is 22.2 Å². The lowest BCUT2D eigenvalue weighted by atomic mass is 9.85. The van der Waals surface area contributed by atoms with Crippen molar-refractivity contribution < 1.29 is 14.3 Å². The molecule has 2 aliphatic rings. The number of carbonyl (C=O) groups is 1. The molecule has 0 aromatic heterocycles. The Balaban J connectivity index is 1.97. The molecule has 2 aliphatic heterocycles. The molecule has 6 heteroatoms. The van der Waals surface area contributed by atoms with Gasteiger partial charge in [0.05, 0.1) is 12.5 Å². The van der Waals surface area contributed by atoms with Crippen molar-refractivity contribution in [3.05, 3.63) is 0 Å². The molecule has 4 nitrogen and oxygen atoms in total. The van der Waals surface area contributed by atoms with Gasteiger partial charge in [-0.2, -0.15) is 0 Å². The number of carbonyl (C=O) groups excluding carboxylic acids is 1. The second-order valence-corrected chi connectivity index (χ2v) is 21.3. The van der Waals surface area contributed by atoms with Gasteiger partial charge in [0, 0.05) is 31.9 Å². The summed E-state index contributed by atoms with van der Waals surface area (Å²) in [6.07, 6.45) is 5.31. The summed E-state index contributed by atoms with van der Waals surface area (Å²) in [5.74, 6) is 10.2. The Morgan fingerprint density at radius 3 is 2.35 bits per heavy atom. The Hall–Kier alpha value is -1.06. The normalized spacial score (nSPS) is 24.6. The van der Waals surface area contributed by atoms with E-state index in [1.165, 1.54) is 6.42 Å². The minimum atomic E-state index is -1.92. The smallest absolute Gasteiger partial charge is 0.221 e. The van der Waals surface area contributed by atoms with Crippen molar-refractivity contribution in [2.45, 2.75) is 109 Å². The molecule has 31 heavy (non-hydrogen) atoms. The maximum Gasteiger partial charge on any atom is 0.221 e. The van der Waals surface area contributed by atoms with Crippen LogP contribution < -0.4 is 0 Å². The van der Waals surface area contributed by atoms with Crippen molar-refractivity contribution in [3.8, 4) is 23.3 Å². The standard InChI is InChI=1S/C25H43NO3Si2/c1-25(2,3)31(7,8)26-22(16-14-20-30(4,5)6)21(24(26)27)15-10-9-12-18-28-23-17-11-13-19-29-23/h21-23H,11-13,15-19H2,1-8H3/t21-,22-,23?/m0/s1. The summed E-state index contributed by atoms with van der Waals surface area (Å²) in [6.45, 7) is 19.6. The summed E-state index contributed by atoms with van der Waals surface area (Å²) in [4.78, 5) is 13.2. The molecule has 2 rings (SSSR count). The fourth-order valence-electron chi connectivity index (χ4n) is 3.89. The van der Waals surface area contributed by atoms with Crippen molar-refractivity contribution in [3.63, 3.8) is 0 Å². The Bertz CT molecular complexity index is 737. The molecule has 0 aromatic rings. The van der Waals surface area contributed by atoms with Gasteiger partial charge in [0.25, 0.3) is 0 Å². The molecule has 1 unspecified atom stereocenters.